The van der Waals surface area contributed by atoms with Crippen LogP contribution in [0.1, 0.15) is 32.1 Å². The lowest BCUT2D eigenvalue weighted by Crippen LogP contribution is -2.24. The van der Waals surface area contributed by atoms with E-state index < -0.39 is 12.6 Å². The molecular weight excluding hydrogens is 195 g/mol. The predicted octanol–water partition coefficient (Wildman–Crippen LogP) is 2.04. The van der Waals surface area contributed by atoms with Gasteiger partial charge in [0.25, 0.3) is 0 Å². The fourth-order valence-electron chi connectivity index (χ4n) is 1.12. The molecule has 0 aromatic heterocycles. The van der Waals surface area contributed by atoms with Crippen molar-refractivity contribution in [3.8, 4) is 0 Å². The van der Waals surface area contributed by atoms with Crippen molar-refractivity contribution < 1.29 is 18.0 Å². The molecule has 82 valence electrons. The van der Waals surface area contributed by atoms with E-state index in [4.69, 9.17) is 0 Å². The van der Waals surface area contributed by atoms with E-state index in [0.717, 1.165) is 12.8 Å². The zero-order valence-corrected chi connectivity index (χ0v) is 7.86. The van der Waals surface area contributed by atoms with Gasteiger partial charge in [0.15, 0.2) is 0 Å². The molecule has 0 atom stereocenters. The maximum absolute atomic E-state index is 11.7. The Kier molecular flexibility index (Phi) is 3.92. The second kappa shape index (κ2) is 4.77. The number of Topliss-reactive ketones (excluding diaryl/α,β-unsaturated/α-hetero) is 1. The third-order valence-corrected chi connectivity index (χ3v) is 2.08. The second-order valence-corrected chi connectivity index (χ2v) is 3.66. The summed E-state index contributed by atoms with van der Waals surface area (Å²) in [5.41, 5.74) is 0. The standard InChI is InChI=1S/C9H14F3NO/c10-9(11,12)5-1-2-8(14)6-13-7-3-4-7/h7,13H,1-6H2. The third-order valence-electron chi connectivity index (χ3n) is 2.08. The molecule has 0 aliphatic heterocycles. The highest BCUT2D eigenvalue weighted by Gasteiger charge is 2.26. The van der Waals surface area contributed by atoms with E-state index in [1.54, 1.807) is 0 Å². The van der Waals surface area contributed by atoms with Crippen LogP contribution in [0.15, 0.2) is 0 Å². The molecule has 0 heterocycles. The minimum absolute atomic E-state index is 0.0270. The van der Waals surface area contributed by atoms with Gasteiger partial charge < -0.3 is 5.32 Å². The molecule has 0 radical (unpaired) electrons. The van der Waals surface area contributed by atoms with Crippen LogP contribution in [0.5, 0.6) is 0 Å². The summed E-state index contributed by atoms with van der Waals surface area (Å²) in [5, 5.41) is 2.97. The van der Waals surface area contributed by atoms with Gasteiger partial charge in [0, 0.05) is 18.9 Å². The molecule has 1 aliphatic rings. The van der Waals surface area contributed by atoms with Crippen molar-refractivity contribution in [1.82, 2.24) is 5.32 Å². The van der Waals surface area contributed by atoms with Crippen molar-refractivity contribution in [3.05, 3.63) is 0 Å². The van der Waals surface area contributed by atoms with Crippen molar-refractivity contribution in [1.29, 1.82) is 0 Å². The van der Waals surface area contributed by atoms with Crippen LogP contribution in [-0.2, 0) is 4.79 Å². The molecule has 1 rings (SSSR count). The Bertz CT molecular complexity index is 199. The molecule has 1 saturated carbocycles. The molecule has 1 aliphatic carbocycles. The van der Waals surface area contributed by atoms with Crippen molar-refractivity contribution in [3.63, 3.8) is 0 Å². The summed E-state index contributed by atoms with van der Waals surface area (Å²) in [6.07, 6.45) is -2.90. The Balaban J connectivity index is 1.96. The average molecular weight is 209 g/mol. The normalized spacial score (nSPS) is 17.1. The molecule has 0 amide bonds. The fraction of sp³-hybridized carbons (Fsp3) is 0.889. The Morgan fingerprint density at radius 3 is 2.50 bits per heavy atom. The predicted molar refractivity (Wildman–Crippen MR) is 45.9 cm³/mol. The quantitative estimate of drug-likeness (QED) is 0.725. The Hall–Kier alpha value is -0.580. The number of carbonyl (C=O) groups is 1. The smallest absolute Gasteiger partial charge is 0.307 e. The number of ketones is 1. The van der Waals surface area contributed by atoms with Crippen LogP contribution in [0.4, 0.5) is 13.2 Å². The van der Waals surface area contributed by atoms with Crippen molar-refractivity contribution in [2.45, 2.75) is 44.3 Å². The highest BCUT2D eigenvalue weighted by Crippen LogP contribution is 2.22. The maximum atomic E-state index is 11.7. The summed E-state index contributed by atoms with van der Waals surface area (Å²) in [4.78, 5) is 11.0. The van der Waals surface area contributed by atoms with E-state index in [1.165, 1.54) is 0 Å². The summed E-state index contributed by atoms with van der Waals surface area (Å²) < 4.78 is 35.1. The lowest BCUT2D eigenvalue weighted by Gasteiger charge is -2.05. The minimum atomic E-state index is -4.13. The van der Waals surface area contributed by atoms with Gasteiger partial charge in [0.05, 0.1) is 6.54 Å². The molecule has 0 aromatic rings. The Morgan fingerprint density at radius 2 is 2.00 bits per heavy atom. The molecule has 0 bridgehead atoms. The average Bonchev–Trinajstić information content (AvgIpc) is 2.81. The van der Waals surface area contributed by atoms with E-state index in [0.29, 0.717) is 6.04 Å². The minimum Gasteiger partial charge on any atom is -0.307 e. The van der Waals surface area contributed by atoms with Crippen molar-refractivity contribution >= 4 is 5.78 Å². The van der Waals surface area contributed by atoms with Gasteiger partial charge in [-0.15, -0.1) is 0 Å². The number of halogens is 3. The van der Waals surface area contributed by atoms with Gasteiger partial charge in [0.1, 0.15) is 5.78 Å². The first-order chi connectivity index (χ1) is 6.47. The Morgan fingerprint density at radius 1 is 1.36 bits per heavy atom. The summed E-state index contributed by atoms with van der Waals surface area (Å²) in [6.45, 7) is 0.225. The molecule has 2 nitrogen and oxygen atoms in total. The SMILES string of the molecule is O=C(CCCC(F)(F)F)CNC1CC1. The molecule has 0 spiro atoms. The van der Waals surface area contributed by atoms with Gasteiger partial charge in [-0.2, -0.15) is 13.2 Å². The summed E-state index contributed by atoms with van der Waals surface area (Å²) in [7, 11) is 0. The maximum Gasteiger partial charge on any atom is 0.389 e. The highest BCUT2D eigenvalue weighted by molar-refractivity contribution is 5.80. The van der Waals surface area contributed by atoms with Crippen LogP contribution in [0.2, 0.25) is 0 Å². The number of alkyl halides is 3. The van der Waals surface area contributed by atoms with E-state index in [-0.39, 0.29) is 25.2 Å². The number of rotatable bonds is 6. The van der Waals surface area contributed by atoms with Crippen LogP contribution in [0.3, 0.4) is 0 Å². The third kappa shape index (κ3) is 5.96. The summed E-state index contributed by atoms with van der Waals surface area (Å²) >= 11 is 0. The molecule has 1 fully saturated rings. The molecule has 14 heavy (non-hydrogen) atoms. The van der Waals surface area contributed by atoms with Gasteiger partial charge in [-0.1, -0.05) is 0 Å². The van der Waals surface area contributed by atoms with Crippen molar-refractivity contribution in [2.75, 3.05) is 6.54 Å². The van der Waals surface area contributed by atoms with Crippen LogP contribution in [-0.4, -0.2) is 24.5 Å². The van der Waals surface area contributed by atoms with E-state index in [1.807, 2.05) is 0 Å². The summed E-state index contributed by atoms with van der Waals surface area (Å²) in [6, 6.07) is 0.432. The van der Waals surface area contributed by atoms with Crippen molar-refractivity contribution in [2.24, 2.45) is 0 Å². The number of nitrogens with one attached hydrogen (secondary N) is 1. The Labute approximate surface area is 80.9 Å². The molecule has 0 unspecified atom stereocenters. The monoisotopic (exact) mass is 209 g/mol. The van der Waals surface area contributed by atoms with Crippen LogP contribution in [0, 0.1) is 0 Å². The summed E-state index contributed by atoms with van der Waals surface area (Å²) in [5.74, 6) is -0.124. The fourth-order valence-corrected chi connectivity index (χ4v) is 1.12. The largest absolute Gasteiger partial charge is 0.389 e. The number of hydrogen-bond acceptors (Lipinski definition) is 2. The molecule has 0 aromatic carbocycles. The van der Waals surface area contributed by atoms with Crippen LogP contribution < -0.4 is 5.32 Å². The first-order valence-electron chi connectivity index (χ1n) is 4.79. The van der Waals surface area contributed by atoms with Crippen LogP contribution >= 0.6 is 0 Å². The zero-order chi connectivity index (χ0) is 10.6. The van der Waals surface area contributed by atoms with Gasteiger partial charge in [-0.25, -0.2) is 0 Å². The number of carbonyl (C=O) groups excluding carboxylic acids is 1. The lowest BCUT2D eigenvalue weighted by atomic mass is 10.2. The first kappa shape index (κ1) is 11.5. The molecule has 5 heteroatoms. The van der Waals surface area contributed by atoms with E-state index >= 15 is 0 Å². The van der Waals surface area contributed by atoms with Gasteiger partial charge in [-0.05, 0) is 19.3 Å². The molecule has 1 N–H and O–H groups in total. The second-order valence-electron chi connectivity index (χ2n) is 3.66. The van der Waals surface area contributed by atoms with Gasteiger partial charge >= 0.3 is 6.18 Å². The highest BCUT2D eigenvalue weighted by atomic mass is 19.4. The zero-order valence-electron chi connectivity index (χ0n) is 7.86. The lowest BCUT2D eigenvalue weighted by molar-refractivity contribution is -0.137. The van der Waals surface area contributed by atoms with Crippen LogP contribution in [0.25, 0.3) is 0 Å². The van der Waals surface area contributed by atoms with E-state index in [2.05, 4.69) is 5.32 Å². The number of hydrogen-bond donors (Lipinski definition) is 1. The van der Waals surface area contributed by atoms with Gasteiger partial charge in [-0.3, -0.25) is 4.79 Å². The molecule has 0 saturated heterocycles. The first-order valence-corrected chi connectivity index (χ1v) is 4.79. The van der Waals surface area contributed by atoms with E-state index in [9.17, 15) is 18.0 Å². The topological polar surface area (TPSA) is 29.1 Å². The molecular formula is C9H14F3NO. The van der Waals surface area contributed by atoms with Gasteiger partial charge in [0.2, 0.25) is 0 Å².